The van der Waals surface area contributed by atoms with Gasteiger partial charge in [-0.2, -0.15) is 0 Å². The lowest BCUT2D eigenvalue weighted by molar-refractivity contribution is 0.629. The molecule has 17 heavy (non-hydrogen) atoms. The smallest absolute Gasteiger partial charge is 0.205 e. The van der Waals surface area contributed by atoms with E-state index in [4.69, 9.17) is 11.6 Å². The molecule has 0 aliphatic heterocycles. The van der Waals surface area contributed by atoms with Crippen molar-refractivity contribution < 1.29 is 4.39 Å². The van der Waals surface area contributed by atoms with E-state index < -0.39 is 0 Å². The van der Waals surface area contributed by atoms with Crippen molar-refractivity contribution >= 4 is 45.6 Å². The second-order valence-corrected chi connectivity index (χ2v) is 4.66. The van der Waals surface area contributed by atoms with Gasteiger partial charge in [-0.15, -0.1) is 11.3 Å². The fourth-order valence-electron chi connectivity index (χ4n) is 1.54. The molecular weight excluding hydrogens is 261 g/mol. The molecule has 0 aliphatic rings. The minimum absolute atomic E-state index is 0.290. The molecular formula is C11H7ClFN3S. The van der Waals surface area contributed by atoms with Crippen LogP contribution in [0, 0.1) is 5.82 Å². The second kappa shape index (κ2) is 4.01. The number of fused-ring (bicyclic) bond motifs is 1. The number of hydrogen-bond donors (Lipinski definition) is 2. The number of H-pyrrole nitrogens is 1. The number of hydrogen-bond acceptors (Lipinski definition) is 3. The van der Waals surface area contributed by atoms with Crippen LogP contribution in [-0.4, -0.2) is 9.97 Å². The van der Waals surface area contributed by atoms with E-state index in [1.54, 1.807) is 6.07 Å². The van der Waals surface area contributed by atoms with Gasteiger partial charge in [0.15, 0.2) is 0 Å². The first-order valence-electron chi connectivity index (χ1n) is 4.86. The monoisotopic (exact) mass is 267 g/mol. The first-order chi connectivity index (χ1) is 8.22. The van der Waals surface area contributed by atoms with Crippen LogP contribution < -0.4 is 5.32 Å². The summed E-state index contributed by atoms with van der Waals surface area (Å²) in [6, 6.07) is 4.41. The van der Waals surface area contributed by atoms with Crippen molar-refractivity contribution in [3.8, 4) is 0 Å². The number of rotatable bonds is 2. The Balaban J connectivity index is 1.99. The number of thiophene rings is 1. The maximum Gasteiger partial charge on any atom is 0.205 e. The van der Waals surface area contributed by atoms with E-state index in [1.165, 1.54) is 23.5 Å². The minimum Gasteiger partial charge on any atom is -0.324 e. The summed E-state index contributed by atoms with van der Waals surface area (Å²) in [4.78, 5) is 7.27. The highest BCUT2D eigenvalue weighted by atomic mass is 35.5. The van der Waals surface area contributed by atoms with Crippen LogP contribution in [-0.2, 0) is 0 Å². The molecule has 0 fully saturated rings. The van der Waals surface area contributed by atoms with Crippen LogP contribution in [0.3, 0.4) is 0 Å². The number of anilines is 2. The van der Waals surface area contributed by atoms with Gasteiger partial charge in [-0.25, -0.2) is 9.37 Å². The van der Waals surface area contributed by atoms with Gasteiger partial charge in [0.25, 0.3) is 0 Å². The third kappa shape index (κ3) is 1.99. The van der Waals surface area contributed by atoms with Gasteiger partial charge in [0.2, 0.25) is 5.95 Å². The molecule has 0 bridgehead atoms. The van der Waals surface area contributed by atoms with E-state index in [0.717, 1.165) is 5.69 Å². The number of halogens is 2. The van der Waals surface area contributed by atoms with Gasteiger partial charge >= 0.3 is 0 Å². The van der Waals surface area contributed by atoms with Gasteiger partial charge in [-0.1, -0.05) is 11.6 Å². The molecule has 2 heterocycles. The largest absolute Gasteiger partial charge is 0.324 e. The standard InChI is InChI=1S/C11H7ClFN3S/c12-7-4-17-5-10(7)16-11-14-8-2-1-6(13)3-9(8)15-11/h1-5H,(H2,14,15,16). The predicted octanol–water partition coefficient (Wildman–Crippen LogP) is 4.16. The number of nitrogens with one attached hydrogen (secondary N) is 2. The molecule has 3 rings (SSSR count). The highest BCUT2D eigenvalue weighted by Gasteiger charge is 2.06. The molecule has 2 aromatic heterocycles. The normalized spacial score (nSPS) is 10.9. The van der Waals surface area contributed by atoms with Crippen LogP contribution in [0.25, 0.3) is 11.0 Å². The van der Waals surface area contributed by atoms with Crippen molar-refractivity contribution in [1.82, 2.24) is 9.97 Å². The molecule has 0 saturated carbocycles. The van der Waals surface area contributed by atoms with Crippen LogP contribution >= 0.6 is 22.9 Å². The third-order valence-corrected chi connectivity index (χ3v) is 3.50. The first-order valence-corrected chi connectivity index (χ1v) is 6.18. The topological polar surface area (TPSA) is 40.7 Å². The summed E-state index contributed by atoms with van der Waals surface area (Å²) in [5.74, 6) is 0.257. The van der Waals surface area contributed by atoms with Crippen molar-refractivity contribution in [2.75, 3.05) is 5.32 Å². The van der Waals surface area contributed by atoms with E-state index in [9.17, 15) is 4.39 Å². The molecule has 0 saturated heterocycles. The molecule has 0 spiro atoms. The van der Waals surface area contributed by atoms with E-state index >= 15 is 0 Å². The van der Waals surface area contributed by atoms with Gasteiger partial charge in [-0.05, 0) is 18.2 Å². The maximum atomic E-state index is 13.0. The van der Waals surface area contributed by atoms with E-state index in [0.29, 0.717) is 22.0 Å². The molecule has 3 aromatic rings. The Labute approximate surface area is 105 Å². The summed E-state index contributed by atoms with van der Waals surface area (Å²) < 4.78 is 13.0. The van der Waals surface area contributed by atoms with Gasteiger partial charge < -0.3 is 10.3 Å². The fourth-order valence-corrected chi connectivity index (χ4v) is 2.50. The van der Waals surface area contributed by atoms with Crippen molar-refractivity contribution in [3.05, 3.63) is 39.8 Å². The lowest BCUT2D eigenvalue weighted by atomic mass is 10.3. The van der Waals surface area contributed by atoms with Crippen molar-refractivity contribution in [2.45, 2.75) is 0 Å². The van der Waals surface area contributed by atoms with Crippen LogP contribution in [0.4, 0.5) is 16.0 Å². The SMILES string of the molecule is Fc1ccc2nc(Nc3cscc3Cl)[nH]c2c1. The Morgan fingerprint density at radius 1 is 1.35 bits per heavy atom. The molecule has 3 nitrogen and oxygen atoms in total. The molecule has 0 amide bonds. The number of aromatic nitrogens is 2. The quantitative estimate of drug-likeness (QED) is 0.732. The molecule has 86 valence electrons. The Hall–Kier alpha value is -1.59. The van der Waals surface area contributed by atoms with Gasteiger partial charge in [0.1, 0.15) is 5.82 Å². The summed E-state index contributed by atoms with van der Waals surface area (Å²) in [5, 5.41) is 7.40. The van der Waals surface area contributed by atoms with Crippen molar-refractivity contribution in [2.24, 2.45) is 0 Å². The van der Waals surface area contributed by atoms with Gasteiger partial charge in [-0.3, -0.25) is 0 Å². The molecule has 0 radical (unpaired) electrons. The van der Waals surface area contributed by atoms with E-state index in [2.05, 4.69) is 15.3 Å². The summed E-state index contributed by atoms with van der Waals surface area (Å²) in [6.07, 6.45) is 0. The van der Waals surface area contributed by atoms with E-state index in [-0.39, 0.29) is 5.82 Å². The number of nitrogens with zero attached hydrogens (tertiary/aromatic N) is 1. The molecule has 2 N–H and O–H groups in total. The molecule has 0 unspecified atom stereocenters. The van der Waals surface area contributed by atoms with Crippen LogP contribution in [0.2, 0.25) is 5.02 Å². The summed E-state index contributed by atoms with van der Waals surface area (Å²) >= 11 is 7.46. The lowest BCUT2D eigenvalue weighted by Crippen LogP contribution is -1.90. The molecule has 0 aliphatic carbocycles. The molecule has 6 heteroatoms. The van der Waals surface area contributed by atoms with Gasteiger partial charge in [0.05, 0.1) is 21.7 Å². The average molecular weight is 268 g/mol. The van der Waals surface area contributed by atoms with Crippen LogP contribution in [0.1, 0.15) is 0 Å². The second-order valence-electron chi connectivity index (χ2n) is 3.51. The highest BCUT2D eigenvalue weighted by molar-refractivity contribution is 7.09. The van der Waals surface area contributed by atoms with Crippen molar-refractivity contribution in [3.63, 3.8) is 0 Å². The number of aromatic amines is 1. The highest BCUT2D eigenvalue weighted by Crippen LogP contribution is 2.28. The fraction of sp³-hybridized carbons (Fsp3) is 0. The van der Waals surface area contributed by atoms with Crippen LogP contribution in [0.15, 0.2) is 29.0 Å². The Morgan fingerprint density at radius 2 is 2.24 bits per heavy atom. The maximum absolute atomic E-state index is 13.0. The zero-order valence-corrected chi connectivity index (χ0v) is 10.1. The summed E-state index contributed by atoms with van der Waals surface area (Å²) in [7, 11) is 0. The molecule has 0 atom stereocenters. The summed E-state index contributed by atoms with van der Waals surface area (Å²) in [5.41, 5.74) is 2.15. The Morgan fingerprint density at radius 3 is 3.00 bits per heavy atom. The zero-order valence-electron chi connectivity index (χ0n) is 8.50. The predicted molar refractivity (Wildman–Crippen MR) is 68.7 cm³/mol. The Bertz CT molecular complexity index is 676. The van der Waals surface area contributed by atoms with Crippen LogP contribution in [0.5, 0.6) is 0 Å². The van der Waals surface area contributed by atoms with Gasteiger partial charge in [0, 0.05) is 10.8 Å². The molecule has 1 aromatic carbocycles. The number of imidazole rings is 1. The zero-order chi connectivity index (χ0) is 11.8. The third-order valence-electron chi connectivity index (χ3n) is 2.31. The number of benzene rings is 1. The lowest BCUT2D eigenvalue weighted by Gasteiger charge is -1.98. The Kier molecular flexibility index (Phi) is 2.49. The van der Waals surface area contributed by atoms with Crippen molar-refractivity contribution in [1.29, 1.82) is 0 Å². The average Bonchev–Trinajstić information content (AvgIpc) is 2.85. The van der Waals surface area contributed by atoms with E-state index in [1.807, 2.05) is 10.8 Å². The summed E-state index contributed by atoms with van der Waals surface area (Å²) in [6.45, 7) is 0. The first kappa shape index (κ1) is 10.6. The minimum atomic E-state index is -0.290.